The molecule has 1 aliphatic heterocycles. The highest BCUT2D eigenvalue weighted by Crippen LogP contribution is 2.56. The van der Waals surface area contributed by atoms with Crippen LogP contribution in [0.15, 0.2) is 42.5 Å². The Morgan fingerprint density at radius 3 is 2.79 bits per heavy atom. The zero-order valence-corrected chi connectivity index (χ0v) is 18.1. The van der Waals surface area contributed by atoms with E-state index in [0.29, 0.717) is 19.0 Å². The number of quaternary nitrogens is 1. The minimum atomic E-state index is -0.921. The van der Waals surface area contributed by atoms with E-state index < -0.39 is 5.60 Å². The Kier molecular flexibility index (Phi) is 5.37. The maximum absolute atomic E-state index is 12.8. The first-order valence-corrected chi connectivity index (χ1v) is 11.2. The minimum absolute atomic E-state index is 0.0356. The lowest BCUT2D eigenvalue weighted by atomic mass is 9.55. The predicted molar refractivity (Wildman–Crippen MR) is 113 cm³/mol. The summed E-state index contributed by atoms with van der Waals surface area (Å²) in [5.74, 6) is 0.687. The number of nitrogens with one attached hydrogen (secondary N) is 1. The lowest BCUT2D eigenvalue weighted by Crippen LogP contribution is -3.11. The second kappa shape index (κ2) is 7.55. The molecule has 4 rings (SSSR count). The molecule has 0 spiro atoms. The fourth-order valence-electron chi connectivity index (χ4n) is 6.42. The van der Waals surface area contributed by atoms with Gasteiger partial charge in [0.05, 0.1) is 13.6 Å². The number of ether oxygens (including phenoxy) is 1. The molecule has 1 heterocycles. The van der Waals surface area contributed by atoms with E-state index in [1.54, 1.807) is 0 Å². The Morgan fingerprint density at radius 1 is 1.34 bits per heavy atom. The van der Waals surface area contributed by atoms with E-state index in [0.717, 1.165) is 29.7 Å². The molecule has 1 saturated heterocycles. The molecule has 29 heavy (non-hydrogen) atoms. The maximum atomic E-state index is 12.8. The largest absolute Gasteiger partial charge is 0.462 e. The van der Waals surface area contributed by atoms with Gasteiger partial charge >= 0.3 is 5.97 Å². The molecule has 7 atom stereocenters. The number of aliphatic hydroxyl groups is 1. The normalized spacial score (nSPS) is 37.2. The molecular weight excluding hydrogens is 362 g/mol. The van der Waals surface area contributed by atoms with E-state index in [9.17, 15) is 9.90 Å². The molecule has 3 fully saturated rings. The number of rotatable bonds is 5. The van der Waals surface area contributed by atoms with Gasteiger partial charge in [0.15, 0.2) is 0 Å². The van der Waals surface area contributed by atoms with Gasteiger partial charge < -0.3 is 14.7 Å². The number of carbonyl (C=O) groups is 1. The first-order valence-electron chi connectivity index (χ1n) is 11.2. The molecule has 158 valence electrons. The summed E-state index contributed by atoms with van der Waals surface area (Å²) in [4.78, 5) is 13.9. The van der Waals surface area contributed by atoms with Crippen LogP contribution in [0.25, 0.3) is 0 Å². The Morgan fingerprint density at radius 2 is 2.07 bits per heavy atom. The van der Waals surface area contributed by atoms with Crippen molar-refractivity contribution in [3.8, 4) is 0 Å². The van der Waals surface area contributed by atoms with Gasteiger partial charge in [0.1, 0.15) is 24.2 Å². The summed E-state index contributed by atoms with van der Waals surface area (Å²) in [6.07, 6.45) is 5.61. The molecule has 0 bridgehead atoms. The van der Waals surface area contributed by atoms with Crippen LogP contribution < -0.4 is 4.90 Å². The van der Waals surface area contributed by atoms with Gasteiger partial charge in [-0.2, -0.15) is 0 Å². The van der Waals surface area contributed by atoms with E-state index in [2.05, 4.69) is 20.6 Å². The van der Waals surface area contributed by atoms with Gasteiger partial charge in [0, 0.05) is 5.92 Å². The highest BCUT2D eigenvalue weighted by atomic mass is 16.6. The van der Waals surface area contributed by atoms with E-state index in [1.165, 1.54) is 18.4 Å². The Hall–Kier alpha value is -1.65. The van der Waals surface area contributed by atoms with Crippen LogP contribution in [0.1, 0.15) is 51.5 Å². The molecular formula is C25H36NO3+. The topological polar surface area (TPSA) is 51.0 Å². The molecule has 1 aromatic rings. The number of hydrogen-bond acceptors (Lipinski definition) is 3. The van der Waals surface area contributed by atoms with E-state index in [-0.39, 0.29) is 29.3 Å². The molecule has 0 amide bonds. The van der Waals surface area contributed by atoms with E-state index in [1.807, 2.05) is 37.3 Å². The highest BCUT2D eigenvalue weighted by molar-refractivity contribution is 5.75. The molecule has 0 radical (unpaired) electrons. The fourth-order valence-corrected chi connectivity index (χ4v) is 6.42. The molecule has 1 aromatic carbocycles. The Balaban J connectivity index is 1.45. The number of benzene rings is 1. The number of allylic oxidation sites excluding steroid dienone is 1. The quantitative estimate of drug-likeness (QED) is 0.592. The van der Waals surface area contributed by atoms with Gasteiger partial charge in [-0.05, 0) is 55.9 Å². The molecule has 4 nitrogen and oxygen atoms in total. The van der Waals surface area contributed by atoms with Crippen LogP contribution >= 0.6 is 0 Å². The average molecular weight is 399 g/mol. The standard InChI is InChI=1S/C25H35NO3/c1-17-9-8-12-24(2)14-22-19(13-21(17)24)20(23(27)29-22)15-26(4)16-25(3,28)18-10-6-5-7-11-18/h5-7,10-11,19-22,28H,1,8-9,12-16H2,2-4H3/p+1/t19-,20-,21+,22-,24-,25-/m1/s1. The lowest BCUT2D eigenvalue weighted by molar-refractivity contribution is -0.890. The third kappa shape index (κ3) is 3.89. The van der Waals surface area contributed by atoms with Crippen molar-refractivity contribution in [2.45, 2.75) is 57.7 Å². The molecule has 0 aromatic heterocycles. The molecule has 2 aliphatic carbocycles. The minimum Gasteiger partial charge on any atom is -0.462 e. The number of carbonyl (C=O) groups excluding carboxylic acids is 1. The van der Waals surface area contributed by atoms with Crippen molar-refractivity contribution in [2.24, 2.45) is 23.2 Å². The zero-order chi connectivity index (χ0) is 20.8. The van der Waals surface area contributed by atoms with Gasteiger partial charge in [-0.25, -0.2) is 0 Å². The Bertz CT molecular complexity index is 774. The number of esters is 1. The van der Waals surface area contributed by atoms with Gasteiger partial charge in [-0.15, -0.1) is 0 Å². The van der Waals surface area contributed by atoms with Crippen LogP contribution in [0.3, 0.4) is 0 Å². The molecule has 2 saturated carbocycles. The Labute approximate surface area is 174 Å². The van der Waals surface area contributed by atoms with Crippen molar-refractivity contribution < 1.29 is 19.5 Å². The van der Waals surface area contributed by atoms with E-state index >= 15 is 0 Å². The first kappa shape index (κ1) is 20.6. The number of likely N-dealkylation sites (N-methyl/N-ethyl adjacent to an activating group) is 1. The summed E-state index contributed by atoms with van der Waals surface area (Å²) in [6.45, 7) is 9.88. The average Bonchev–Trinajstić information content (AvgIpc) is 2.94. The van der Waals surface area contributed by atoms with Crippen LogP contribution in [-0.4, -0.2) is 37.3 Å². The summed E-state index contributed by atoms with van der Waals surface area (Å²) in [5.41, 5.74) is 1.61. The van der Waals surface area contributed by atoms with Crippen LogP contribution in [0.4, 0.5) is 0 Å². The zero-order valence-electron chi connectivity index (χ0n) is 18.1. The van der Waals surface area contributed by atoms with Crippen molar-refractivity contribution in [1.82, 2.24) is 0 Å². The second-order valence-corrected chi connectivity index (χ2v) is 10.4. The lowest BCUT2D eigenvalue weighted by Gasteiger charge is -2.50. The summed E-state index contributed by atoms with van der Waals surface area (Å²) in [6, 6.07) is 9.79. The summed E-state index contributed by atoms with van der Waals surface area (Å²) >= 11 is 0. The molecule has 1 unspecified atom stereocenters. The third-order valence-corrected chi connectivity index (χ3v) is 7.93. The highest BCUT2D eigenvalue weighted by Gasteiger charge is 2.56. The van der Waals surface area contributed by atoms with Crippen molar-refractivity contribution in [1.29, 1.82) is 0 Å². The van der Waals surface area contributed by atoms with Gasteiger partial charge in [0.25, 0.3) is 0 Å². The van der Waals surface area contributed by atoms with Crippen LogP contribution in [-0.2, 0) is 15.1 Å². The second-order valence-electron chi connectivity index (χ2n) is 10.4. The summed E-state index contributed by atoms with van der Waals surface area (Å²) in [7, 11) is 2.07. The van der Waals surface area contributed by atoms with Gasteiger partial charge in [-0.3, -0.25) is 4.79 Å². The molecule has 4 heteroatoms. The van der Waals surface area contributed by atoms with Crippen LogP contribution in [0, 0.1) is 23.2 Å². The third-order valence-electron chi connectivity index (χ3n) is 7.93. The molecule has 2 N–H and O–H groups in total. The predicted octanol–water partition coefficient (Wildman–Crippen LogP) is 2.72. The monoisotopic (exact) mass is 398 g/mol. The fraction of sp³-hybridized carbons (Fsp3) is 0.640. The number of hydrogen-bond donors (Lipinski definition) is 2. The van der Waals surface area contributed by atoms with Crippen molar-refractivity contribution in [3.63, 3.8) is 0 Å². The number of fused-ring (bicyclic) bond motifs is 2. The van der Waals surface area contributed by atoms with Crippen molar-refractivity contribution in [2.75, 3.05) is 20.1 Å². The van der Waals surface area contributed by atoms with Crippen LogP contribution in [0.5, 0.6) is 0 Å². The molecule has 3 aliphatic rings. The van der Waals surface area contributed by atoms with Crippen molar-refractivity contribution in [3.05, 3.63) is 48.0 Å². The SMILES string of the molecule is C=C1CCC[C@]2(C)C[C@H]3OC(=O)[C@H](C[NH+](C)C[C@@](C)(O)c4ccccc4)[C@H]3C[C@@H]12. The van der Waals surface area contributed by atoms with E-state index in [4.69, 9.17) is 4.74 Å². The van der Waals surface area contributed by atoms with Gasteiger partial charge in [-0.1, -0.05) is 49.4 Å². The smallest absolute Gasteiger partial charge is 0.315 e. The van der Waals surface area contributed by atoms with Crippen molar-refractivity contribution >= 4 is 5.97 Å². The van der Waals surface area contributed by atoms with Crippen LogP contribution in [0.2, 0.25) is 0 Å². The maximum Gasteiger partial charge on any atom is 0.315 e. The van der Waals surface area contributed by atoms with Gasteiger partial charge in [0.2, 0.25) is 0 Å². The first-order chi connectivity index (χ1) is 13.7. The summed E-state index contributed by atoms with van der Waals surface area (Å²) < 4.78 is 5.90. The summed E-state index contributed by atoms with van der Waals surface area (Å²) in [5, 5.41) is 11.0.